The Bertz CT molecular complexity index is 747. The molecule has 0 fully saturated rings. The van der Waals surface area contributed by atoms with Gasteiger partial charge in [-0.3, -0.25) is 10.7 Å². The average molecular weight is 359 g/mol. The van der Waals surface area contributed by atoms with Crippen LogP contribution in [0.3, 0.4) is 0 Å². The first kappa shape index (κ1) is 15.2. The highest BCUT2D eigenvalue weighted by Crippen LogP contribution is 2.37. The van der Waals surface area contributed by atoms with Crippen LogP contribution in [-0.4, -0.2) is 5.21 Å². The van der Waals surface area contributed by atoms with Crippen LogP contribution in [0.15, 0.2) is 28.7 Å². The average Bonchev–Trinajstić information content (AvgIpc) is 2.47. The van der Waals surface area contributed by atoms with Crippen molar-refractivity contribution < 1.29 is 23.1 Å². The summed E-state index contributed by atoms with van der Waals surface area (Å²) in [7, 11) is 0. The predicted molar refractivity (Wildman–Crippen MR) is 70.7 cm³/mol. The standard InChI is InChI=1S/C13H6BrF3N2O2/c14-8-4-10(19-20)13(12(17)11(8)16)21-7-2-1-6(5-18)9(15)3-7/h1-4,19-20H. The zero-order chi connectivity index (χ0) is 15.6. The summed E-state index contributed by atoms with van der Waals surface area (Å²) in [5.41, 5.74) is 1.18. The van der Waals surface area contributed by atoms with Crippen LogP contribution in [0.2, 0.25) is 0 Å². The van der Waals surface area contributed by atoms with Crippen LogP contribution in [0, 0.1) is 28.8 Å². The highest BCUT2D eigenvalue weighted by molar-refractivity contribution is 9.10. The Morgan fingerprint density at radius 3 is 2.48 bits per heavy atom. The van der Waals surface area contributed by atoms with Crippen molar-refractivity contribution in [1.82, 2.24) is 0 Å². The van der Waals surface area contributed by atoms with Crippen molar-refractivity contribution in [2.24, 2.45) is 0 Å². The monoisotopic (exact) mass is 358 g/mol. The Labute approximate surface area is 125 Å². The molecule has 0 heterocycles. The van der Waals surface area contributed by atoms with Crippen LogP contribution in [0.5, 0.6) is 11.5 Å². The van der Waals surface area contributed by atoms with Gasteiger partial charge in [0.2, 0.25) is 5.82 Å². The van der Waals surface area contributed by atoms with E-state index < -0.39 is 23.2 Å². The van der Waals surface area contributed by atoms with E-state index in [1.54, 1.807) is 11.5 Å². The Kier molecular flexibility index (Phi) is 4.35. The minimum atomic E-state index is -1.37. The Morgan fingerprint density at radius 1 is 1.19 bits per heavy atom. The molecule has 2 rings (SSSR count). The smallest absolute Gasteiger partial charge is 0.204 e. The van der Waals surface area contributed by atoms with E-state index in [9.17, 15) is 13.2 Å². The number of anilines is 1. The van der Waals surface area contributed by atoms with Crippen molar-refractivity contribution in [3.63, 3.8) is 0 Å². The number of nitrogens with zero attached hydrogens (tertiary/aromatic N) is 1. The number of ether oxygens (including phenoxy) is 1. The molecule has 2 N–H and O–H groups in total. The van der Waals surface area contributed by atoms with E-state index >= 15 is 0 Å². The van der Waals surface area contributed by atoms with E-state index in [0.29, 0.717) is 0 Å². The van der Waals surface area contributed by atoms with Crippen molar-refractivity contribution in [2.45, 2.75) is 0 Å². The molecule has 0 aliphatic heterocycles. The molecule has 0 spiro atoms. The molecule has 0 aliphatic rings. The van der Waals surface area contributed by atoms with Gasteiger partial charge in [0.25, 0.3) is 0 Å². The van der Waals surface area contributed by atoms with E-state index in [4.69, 9.17) is 15.2 Å². The van der Waals surface area contributed by atoms with Crippen molar-refractivity contribution in [2.75, 3.05) is 5.48 Å². The second kappa shape index (κ2) is 6.03. The van der Waals surface area contributed by atoms with Crippen LogP contribution >= 0.6 is 15.9 Å². The molecule has 0 aromatic heterocycles. The lowest BCUT2D eigenvalue weighted by Crippen LogP contribution is -2.00. The lowest BCUT2D eigenvalue weighted by Gasteiger charge is -2.12. The number of rotatable bonds is 3. The highest BCUT2D eigenvalue weighted by Gasteiger charge is 2.20. The first-order valence-electron chi connectivity index (χ1n) is 5.43. The van der Waals surface area contributed by atoms with Crippen LogP contribution < -0.4 is 10.2 Å². The summed E-state index contributed by atoms with van der Waals surface area (Å²) in [6, 6.07) is 5.85. The fraction of sp³-hybridized carbons (Fsp3) is 0. The summed E-state index contributed by atoms with van der Waals surface area (Å²) in [6.07, 6.45) is 0. The molecule has 0 radical (unpaired) electrons. The van der Waals surface area contributed by atoms with E-state index in [1.165, 1.54) is 6.07 Å². The van der Waals surface area contributed by atoms with Crippen molar-refractivity contribution >= 4 is 21.6 Å². The quantitative estimate of drug-likeness (QED) is 0.633. The van der Waals surface area contributed by atoms with Gasteiger partial charge in [0.15, 0.2) is 11.6 Å². The molecule has 4 nitrogen and oxygen atoms in total. The van der Waals surface area contributed by atoms with Gasteiger partial charge in [-0.1, -0.05) is 0 Å². The fourth-order valence-electron chi connectivity index (χ4n) is 1.53. The van der Waals surface area contributed by atoms with Crippen LogP contribution in [-0.2, 0) is 0 Å². The van der Waals surface area contributed by atoms with Gasteiger partial charge < -0.3 is 4.74 Å². The number of hydrogen-bond donors (Lipinski definition) is 2. The summed E-state index contributed by atoms with van der Waals surface area (Å²) in [5.74, 6) is -4.28. The molecule has 0 saturated heterocycles. The van der Waals surface area contributed by atoms with Crippen LogP contribution in [0.4, 0.5) is 18.9 Å². The van der Waals surface area contributed by atoms with Crippen molar-refractivity contribution in [3.05, 3.63) is 51.8 Å². The highest BCUT2D eigenvalue weighted by atomic mass is 79.9. The molecule has 0 bridgehead atoms. The fourth-order valence-corrected chi connectivity index (χ4v) is 1.93. The first-order valence-corrected chi connectivity index (χ1v) is 6.22. The number of nitrogens with one attached hydrogen (secondary N) is 1. The van der Waals surface area contributed by atoms with E-state index in [0.717, 1.165) is 18.2 Å². The number of benzene rings is 2. The molecule has 2 aromatic carbocycles. The van der Waals surface area contributed by atoms with Gasteiger partial charge in [-0.25, -0.2) is 8.78 Å². The summed E-state index contributed by atoms with van der Waals surface area (Å²) < 4.78 is 45.5. The summed E-state index contributed by atoms with van der Waals surface area (Å²) in [5, 5.41) is 17.5. The normalized spacial score (nSPS) is 10.1. The number of hydrogen-bond acceptors (Lipinski definition) is 4. The molecule has 0 unspecified atom stereocenters. The van der Waals surface area contributed by atoms with Gasteiger partial charge in [-0.15, -0.1) is 0 Å². The molecule has 0 atom stereocenters. The van der Waals surface area contributed by atoms with Gasteiger partial charge in [-0.2, -0.15) is 9.65 Å². The van der Waals surface area contributed by atoms with E-state index in [2.05, 4.69) is 15.9 Å². The molecule has 2 aromatic rings. The largest absolute Gasteiger partial charge is 0.452 e. The van der Waals surface area contributed by atoms with E-state index in [1.807, 2.05) is 0 Å². The zero-order valence-electron chi connectivity index (χ0n) is 10.1. The van der Waals surface area contributed by atoms with Crippen LogP contribution in [0.25, 0.3) is 0 Å². The molecular weight excluding hydrogens is 353 g/mol. The predicted octanol–water partition coefficient (Wildman–Crippen LogP) is 4.33. The topological polar surface area (TPSA) is 65.3 Å². The Hall–Kier alpha value is -2.24. The SMILES string of the molecule is N#Cc1ccc(Oc2c(NO)cc(Br)c(F)c2F)cc1F. The van der Waals surface area contributed by atoms with E-state index in [-0.39, 0.29) is 21.5 Å². The second-order valence-corrected chi connectivity index (χ2v) is 4.68. The molecular formula is C13H6BrF3N2O2. The maximum atomic E-state index is 13.8. The maximum absolute atomic E-state index is 13.8. The molecule has 0 amide bonds. The van der Waals surface area contributed by atoms with Crippen molar-refractivity contribution in [1.29, 1.82) is 5.26 Å². The molecule has 8 heteroatoms. The van der Waals surface area contributed by atoms with Gasteiger partial charge >= 0.3 is 0 Å². The summed E-state index contributed by atoms with van der Waals surface area (Å²) in [6.45, 7) is 0. The molecule has 21 heavy (non-hydrogen) atoms. The molecule has 0 saturated carbocycles. The third kappa shape index (κ3) is 2.94. The van der Waals surface area contributed by atoms with Crippen LogP contribution in [0.1, 0.15) is 5.56 Å². The van der Waals surface area contributed by atoms with Gasteiger partial charge in [0.05, 0.1) is 10.0 Å². The lowest BCUT2D eigenvalue weighted by molar-refractivity contribution is 0.372. The van der Waals surface area contributed by atoms with Gasteiger partial charge in [-0.05, 0) is 34.1 Å². The number of halogens is 4. The number of nitriles is 1. The third-order valence-corrected chi connectivity index (χ3v) is 3.10. The summed E-state index contributed by atoms with van der Waals surface area (Å²) >= 11 is 2.77. The molecule has 0 aliphatic carbocycles. The van der Waals surface area contributed by atoms with Gasteiger partial charge in [0.1, 0.15) is 23.3 Å². The minimum Gasteiger partial charge on any atom is -0.452 e. The van der Waals surface area contributed by atoms with Crippen molar-refractivity contribution in [3.8, 4) is 17.6 Å². The third-order valence-electron chi connectivity index (χ3n) is 2.52. The van der Waals surface area contributed by atoms with Gasteiger partial charge in [0, 0.05) is 6.07 Å². The lowest BCUT2D eigenvalue weighted by atomic mass is 10.2. The Balaban J connectivity index is 2.47. The maximum Gasteiger partial charge on any atom is 0.204 e. The summed E-state index contributed by atoms with van der Waals surface area (Å²) in [4.78, 5) is 0. The molecule has 108 valence electrons. The minimum absolute atomic E-state index is 0.163. The first-order chi connectivity index (χ1) is 9.97. The zero-order valence-corrected chi connectivity index (χ0v) is 11.7. The Morgan fingerprint density at radius 2 is 1.90 bits per heavy atom. The second-order valence-electron chi connectivity index (χ2n) is 3.83.